The summed E-state index contributed by atoms with van der Waals surface area (Å²) in [6, 6.07) is 5.50. The van der Waals surface area contributed by atoms with Gasteiger partial charge in [-0.1, -0.05) is 50.1 Å². The molecule has 1 atom stereocenters. The van der Waals surface area contributed by atoms with Crippen LogP contribution in [0.4, 0.5) is 0 Å². The monoisotopic (exact) mass is 494 g/mol. The topological polar surface area (TPSA) is 161 Å². The Bertz CT molecular complexity index is 1060. The van der Waals surface area contributed by atoms with Crippen LogP contribution in [-0.4, -0.2) is 42.7 Å². The second kappa shape index (κ2) is 11.9. The predicted octanol–water partition coefficient (Wildman–Crippen LogP) is 2.93. The lowest BCUT2D eigenvalue weighted by molar-refractivity contribution is -0.129. The summed E-state index contributed by atoms with van der Waals surface area (Å²) in [6.07, 6.45) is 8.45. The van der Waals surface area contributed by atoms with Gasteiger partial charge in [-0.25, -0.2) is 18.6 Å². The molecule has 2 aromatic rings. The minimum atomic E-state index is -4.17. The van der Waals surface area contributed by atoms with Gasteiger partial charge in [0, 0.05) is 12.3 Å². The molecule has 3 rings (SSSR count). The highest BCUT2D eigenvalue weighted by atomic mass is 32.2. The number of carbonyl (C=O) groups excluding carboxylic acids is 2. The molecule has 0 aliphatic heterocycles. The molecule has 0 spiro atoms. The molecule has 1 saturated carbocycles. The van der Waals surface area contributed by atoms with Crippen molar-refractivity contribution < 1.29 is 32.5 Å². The van der Waals surface area contributed by atoms with Crippen LogP contribution in [0.15, 0.2) is 33.7 Å². The normalized spacial score (nSPS) is 15.5. The number of aromatic nitrogens is 2. The predicted molar refractivity (Wildman–Crippen MR) is 120 cm³/mol. The molecule has 186 valence electrons. The molecular formula is C22H30N4O7S. The number of rotatable bonds is 11. The van der Waals surface area contributed by atoms with Gasteiger partial charge in [0.15, 0.2) is 0 Å². The number of amides is 2. The molecule has 0 bridgehead atoms. The summed E-state index contributed by atoms with van der Waals surface area (Å²) < 4.78 is 37.1. The van der Waals surface area contributed by atoms with E-state index in [2.05, 4.69) is 10.1 Å². The first-order chi connectivity index (χ1) is 16.3. The standard InChI is InChI=1S/C22H30N4O7S/c1-32-17-10-12-18(13-11-17)34(30,31)26-21(28)20-23-22(33-25-20)16(14-19(27)24-29)9-5-8-15-6-3-2-4-7-15/h10-13,15-16,29H,2-9,14H2,1H3,(H,24,27)(H,26,28)/t16-/m0/s1. The Kier molecular flexibility index (Phi) is 8.99. The molecule has 1 aliphatic carbocycles. The molecule has 1 aromatic carbocycles. The third-order valence-corrected chi connectivity index (χ3v) is 7.38. The summed E-state index contributed by atoms with van der Waals surface area (Å²) >= 11 is 0. The van der Waals surface area contributed by atoms with Crippen LogP contribution in [0.1, 0.15) is 80.2 Å². The molecule has 2 amide bonds. The van der Waals surface area contributed by atoms with Crippen LogP contribution in [0.3, 0.4) is 0 Å². The largest absolute Gasteiger partial charge is 0.497 e. The highest BCUT2D eigenvalue weighted by Gasteiger charge is 2.27. The number of nitrogens with one attached hydrogen (secondary N) is 2. The number of benzene rings is 1. The van der Waals surface area contributed by atoms with E-state index >= 15 is 0 Å². The van der Waals surface area contributed by atoms with Gasteiger partial charge in [-0.15, -0.1) is 0 Å². The van der Waals surface area contributed by atoms with Crippen molar-refractivity contribution in [3.63, 3.8) is 0 Å². The van der Waals surface area contributed by atoms with Crippen LogP contribution in [0, 0.1) is 5.92 Å². The van der Waals surface area contributed by atoms with Crippen molar-refractivity contribution in [1.82, 2.24) is 20.3 Å². The lowest BCUT2D eigenvalue weighted by atomic mass is 9.84. The lowest BCUT2D eigenvalue weighted by Gasteiger charge is -2.22. The van der Waals surface area contributed by atoms with Gasteiger partial charge in [-0.2, -0.15) is 4.98 Å². The second-order valence-corrected chi connectivity index (χ2v) is 10.1. The van der Waals surface area contributed by atoms with Crippen LogP contribution < -0.4 is 14.9 Å². The maximum atomic E-state index is 12.5. The van der Waals surface area contributed by atoms with E-state index in [0.717, 1.165) is 12.8 Å². The van der Waals surface area contributed by atoms with Crippen LogP contribution in [0.2, 0.25) is 0 Å². The molecule has 34 heavy (non-hydrogen) atoms. The number of carbonyl (C=O) groups is 2. The fourth-order valence-corrected chi connectivity index (χ4v) is 5.13. The molecule has 0 unspecified atom stereocenters. The number of hydrogen-bond acceptors (Lipinski definition) is 9. The van der Waals surface area contributed by atoms with Crippen LogP contribution >= 0.6 is 0 Å². The first kappa shape index (κ1) is 25.6. The van der Waals surface area contributed by atoms with E-state index < -0.39 is 33.6 Å². The van der Waals surface area contributed by atoms with E-state index in [1.807, 2.05) is 4.72 Å². The van der Waals surface area contributed by atoms with Gasteiger partial charge in [0.25, 0.3) is 15.8 Å². The van der Waals surface area contributed by atoms with Gasteiger partial charge in [0.1, 0.15) is 5.75 Å². The van der Waals surface area contributed by atoms with E-state index in [9.17, 15) is 18.0 Å². The van der Waals surface area contributed by atoms with Crippen molar-refractivity contribution in [3.8, 4) is 5.75 Å². The van der Waals surface area contributed by atoms with Gasteiger partial charge in [-0.3, -0.25) is 14.8 Å². The summed E-state index contributed by atoms with van der Waals surface area (Å²) in [4.78, 5) is 28.1. The second-order valence-electron chi connectivity index (χ2n) is 8.44. The van der Waals surface area contributed by atoms with E-state index in [4.69, 9.17) is 14.5 Å². The quantitative estimate of drug-likeness (QED) is 0.315. The third kappa shape index (κ3) is 7.00. The number of sulfonamides is 1. The Morgan fingerprint density at radius 3 is 2.56 bits per heavy atom. The van der Waals surface area contributed by atoms with E-state index in [0.29, 0.717) is 18.1 Å². The number of nitrogens with zero attached hydrogens (tertiary/aromatic N) is 2. The van der Waals surface area contributed by atoms with Crippen LogP contribution in [0.25, 0.3) is 0 Å². The van der Waals surface area contributed by atoms with Crippen molar-refractivity contribution in [2.45, 2.75) is 68.6 Å². The highest BCUT2D eigenvalue weighted by Crippen LogP contribution is 2.31. The van der Waals surface area contributed by atoms with Gasteiger partial charge in [0.05, 0.1) is 12.0 Å². The van der Waals surface area contributed by atoms with E-state index in [1.54, 1.807) is 5.48 Å². The molecule has 1 heterocycles. The Morgan fingerprint density at radius 2 is 1.91 bits per heavy atom. The number of hydrogen-bond donors (Lipinski definition) is 3. The molecule has 0 radical (unpaired) electrons. The van der Waals surface area contributed by atoms with E-state index in [1.165, 1.54) is 63.5 Å². The Morgan fingerprint density at radius 1 is 1.21 bits per heavy atom. The molecule has 0 saturated heterocycles. The van der Waals surface area contributed by atoms with Gasteiger partial charge < -0.3 is 9.26 Å². The average molecular weight is 495 g/mol. The summed E-state index contributed by atoms with van der Waals surface area (Å²) in [5, 5.41) is 12.5. The molecular weight excluding hydrogens is 464 g/mol. The van der Waals surface area contributed by atoms with Crippen molar-refractivity contribution in [2.75, 3.05) is 7.11 Å². The number of hydroxylamine groups is 1. The zero-order chi connectivity index (χ0) is 24.6. The molecule has 3 N–H and O–H groups in total. The minimum Gasteiger partial charge on any atom is -0.497 e. The highest BCUT2D eigenvalue weighted by molar-refractivity contribution is 7.90. The minimum absolute atomic E-state index is 0.0410. The lowest BCUT2D eigenvalue weighted by Crippen LogP contribution is -2.31. The summed E-state index contributed by atoms with van der Waals surface area (Å²) in [5.74, 6) is -1.48. The fourth-order valence-electron chi connectivity index (χ4n) is 4.19. The van der Waals surface area contributed by atoms with Crippen molar-refractivity contribution in [2.24, 2.45) is 5.92 Å². The zero-order valence-corrected chi connectivity index (χ0v) is 19.8. The summed E-state index contributed by atoms with van der Waals surface area (Å²) in [6.45, 7) is 0. The first-order valence-corrected chi connectivity index (χ1v) is 12.8. The van der Waals surface area contributed by atoms with Crippen molar-refractivity contribution >= 4 is 21.8 Å². The van der Waals surface area contributed by atoms with Gasteiger partial charge in [-0.05, 0) is 36.6 Å². The maximum absolute atomic E-state index is 12.5. The Labute approximate surface area is 198 Å². The fraction of sp³-hybridized carbons (Fsp3) is 0.545. The number of ether oxygens (including phenoxy) is 1. The number of methoxy groups -OCH3 is 1. The van der Waals surface area contributed by atoms with Gasteiger partial charge >= 0.3 is 5.91 Å². The SMILES string of the molecule is COc1ccc(S(=O)(=O)NC(=O)c2noc([C@@H](CCCC3CCCCC3)CC(=O)NO)n2)cc1. The molecule has 11 nitrogen and oxygen atoms in total. The van der Waals surface area contributed by atoms with Crippen LogP contribution in [0.5, 0.6) is 5.75 Å². The Balaban J connectivity index is 1.65. The summed E-state index contributed by atoms with van der Waals surface area (Å²) in [5.41, 5.74) is 1.60. The smallest absolute Gasteiger partial charge is 0.306 e. The third-order valence-electron chi connectivity index (χ3n) is 6.04. The van der Waals surface area contributed by atoms with Crippen LogP contribution in [-0.2, 0) is 14.8 Å². The first-order valence-electron chi connectivity index (χ1n) is 11.3. The van der Waals surface area contributed by atoms with Crippen molar-refractivity contribution in [3.05, 3.63) is 36.0 Å². The molecule has 1 fully saturated rings. The molecule has 1 aromatic heterocycles. The summed E-state index contributed by atoms with van der Waals surface area (Å²) in [7, 11) is -2.72. The van der Waals surface area contributed by atoms with Crippen molar-refractivity contribution in [1.29, 1.82) is 0 Å². The maximum Gasteiger partial charge on any atom is 0.306 e. The molecule has 1 aliphatic rings. The average Bonchev–Trinajstić information content (AvgIpc) is 3.34. The zero-order valence-electron chi connectivity index (χ0n) is 19.0. The Hall–Kier alpha value is -2.99. The van der Waals surface area contributed by atoms with E-state index in [-0.39, 0.29) is 17.2 Å². The van der Waals surface area contributed by atoms with Gasteiger partial charge in [0.2, 0.25) is 11.8 Å². The molecule has 12 heteroatoms.